The maximum atomic E-state index is 5.12. The topological polar surface area (TPSA) is 45.6 Å². The van der Waals surface area contributed by atoms with E-state index in [1.165, 1.54) is 5.56 Å². The molecule has 0 saturated heterocycles. The smallest absolute Gasteiger partial charge is 0.191 e. The molecule has 1 aromatic carbocycles. The van der Waals surface area contributed by atoms with Gasteiger partial charge in [0.2, 0.25) is 0 Å². The Morgan fingerprint density at radius 1 is 1.41 bits per heavy atom. The van der Waals surface area contributed by atoms with Gasteiger partial charge in [-0.3, -0.25) is 4.99 Å². The van der Waals surface area contributed by atoms with Gasteiger partial charge in [-0.05, 0) is 31.0 Å². The third-order valence-corrected chi connectivity index (χ3v) is 2.77. The molecule has 0 saturated carbocycles. The van der Waals surface area contributed by atoms with Gasteiger partial charge in [0.05, 0.1) is 13.7 Å². The number of nitrogens with one attached hydrogen (secondary N) is 2. The van der Waals surface area contributed by atoms with Crippen molar-refractivity contribution in [3.8, 4) is 5.75 Å². The minimum absolute atomic E-state index is 0.457. The molecule has 0 bridgehead atoms. The van der Waals surface area contributed by atoms with Gasteiger partial charge in [-0.2, -0.15) is 0 Å². The van der Waals surface area contributed by atoms with E-state index in [-0.39, 0.29) is 0 Å². The number of hydrogen-bond donors (Lipinski definition) is 2. The fourth-order valence-electron chi connectivity index (χ4n) is 1.78. The summed E-state index contributed by atoms with van der Waals surface area (Å²) in [6, 6.07) is 8.62. The van der Waals surface area contributed by atoms with Crippen molar-refractivity contribution in [1.82, 2.24) is 10.6 Å². The van der Waals surface area contributed by atoms with Crippen LogP contribution in [0.25, 0.3) is 0 Å². The normalized spacial score (nSPS) is 18.5. The van der Waals surface area contributed by atoms with Crippen molar-refractivity contribution in [2.75, 3.05) is 20.2 Å². The molecular weight excluding hydrogens is 214 g/mol. The van der Waals surface area contributed by atoms with E-state index in [1.807, 2.05) is 12.1 Å². The van der Waals surface area contributed by atoms with E-state index < -0.39 is 0 Å². The minimum Gasteiger partial charge on any atom is -0.497 e. The second-order valence-corrected chi connectivity index (χ2v) is 4.26. The molecule has 2 rings (SSSR count). The summed E-state index contributed by atoms with van der Waals surface area (Å²) in [6.07, 6.45) is 0.985. The Morgan fingerprint density at radius 3 is 2.76 bits per heavy atom. The number of nitrogens with zero attached hydrogens (tertiary/aromatic N) is 1. The van der Waals surface area contributed by atoms with Gasteiger partial charge in [-0.25, -0.2) is 0 Å². The van der Waals surface area contributed by atoms with E-state index in [2.05, 4.69) is 34.7 Å². The number of ether oxygens (including phenoxy) is 1. The van der Waals surface area contributed by atoms with Crippen molar-refractivity contribution in [2.45, 2.75) is 19.4 Å². The van der Waals surface area contributed by atoms with Crippen molar-refractivity contribution in [2.24, 2.45) is 4.99 Å². The van der Waals surface area contributed by atoms with Crippen LogP contribution in [0.4, 0.5) is 0 Å². The molecule has 1 aromatic rings. The van der Waals surface area contributed by atoms with E-state index in [9.17, 15) is 0 Å². The lowest BCUT2D eigenvalue weighted by Gasteiger charge is -2.09. The van der Waals surface area contributed by atoms with Crippen LogP contribution in [0.15, 0.2) is 29.3 Å². The second kappa shape index (κ2) is 5.57. The van der Waals surface area contributed by atoms with E-state index in [4.69, 9.17) is 4.74 Å². The Hall–Kier alpha value is -1.71. The Bertz CT molecular complexity index is 386. The predicted octanol–water partition coefficient (Wildman–Crippen LogP) is 1.17. The number of rotatable bonds is 4. The zero-order valence-corrected chi connectivity index (χ0v) is 10.4. The average molecular weight is 233 g/mol. The molecule has 1 atom stereocenters. The molecule has 0 aliphatic carbocycles. The molecule has 92 valence electrons. The van der Waals surface area contributed by atoms with Gasteiger partial charge in [-0.15, -0.1) is 0 Å². The molecule has 4 heteroatoms. The van der Waals surface area contributed by atoms with E-state index in [0.29, 0.717) is 6.04 Å². The Labute approximate surface area is 102 Å². The first-order valence-electron chi connectivity index (χ1n) is 5.95. The highest BCUT2D eigenvalue weighted by Crippen LogP contribution is 2.11. The quantitative estimate of drug-likeness (QED) is 0.820. The molecule has 1 aliphatic rings. The largest absolute Gasteiger partial charge is 0.497 e. The SMILES string of the molecule is COc1ccc(CCNC2=NCC(C)N2)cc1. The van der Waals surface area contributed by atoms with E-state index in [1.54, 1.807) is 7.11 Å². The summed E-state index contributed by atoms with van der Waals surface area (Å²) in [6.45, 7) is 3.89. The van der Waals surface area contributed by atoms with Crippen LogP contribution < -0.4 is 15.4 Å². The highest BCUT2D eigenvalue weighted by molar-refractivity contribution is 5.81. The fraction of sp³-hybridized carbons (Fsp3) is 0.462. The van der Waals surface area contributed by atoms with Gasteiger partial charge < -0.3 is 15.4 Å². The summed E-state index contributed by atoms with van der Waals surface area (Å²) in [7, 11) is 1.68. The summed E-state index contributed by atoms with van der Waals surface area (Å²) in [4.78, 5) is 4.35. The first kappa shape index (κ1) is 11.8. The molecule has 0 aromatic heterocycles. The zero-order valence-electron chi connectivity index (χ0n) is 10.4. The molecule has 1 aliphatic heterocycles. The Morgan fingerprint density at radius 2 is 2.18 bits per heavy atom. The third kappa shape index (κ3) is 3.37. The standard InChI is InChI=1S/C13H19N3O/c1-10-9-15-13(16-10)14-8-7-11-3-5-12(17-2)6-4-11/h3-6,10H,7-9H2,1-2H3,(H2,14,15,16). The monoisotopic (exact) mass is 233 g/mol. The lowest BCUT2D eigenvalue weighted by molar-refractivity contribution is 0.414. The van der Waals surface area contributed by atoms with Gasteiger partial charge in [0, 0.05) is 12.6 Å². The van der Waals surface area contributed by atoms with Crippen LogP contribution in [0, 0.1) is 0 Å². The van der Waals surface area contributed by atoms with E-state index in [0.717, 1.165) is 31.2 Å². The molecule has 1 unspecified atom stereocenters. The molecule has 4 nitrogen and oxygen atoms in total. The van der Waals surface area contributed by atoms with Crippen LogP contribution in [0.3, 0.4) is 0 Å². The summed E-state index contributed by atoms with van der Waals surface area (Å²) in [5, 5.41) is 6.57. The first-order valence-corrected chi connectivity index (χ1v) is 5.95. The second-order valence-electron chi connectivity index (χ2n) is 4.26. The van der Waals surface area contributed by atoms with Crippen LogP contribution in [0.5, 0.6) is 5.75 Å². The van der Waals surface area contributed by atoms with Gasteiger partial charge in [0.1, 0.15) is 5.75 Å². The number of benzene rings is 1. The van der Waals surface area contributed by atoms with Crippen molar-refractivity contribution < 1.29 is 4.74 Å². The Balaban J connectivity index is 1.74. The van der Waals surface area contributed by atoms with Crippen molar-refractivity contribution in [3.05, 3.63) is 29.8 Å². The zero-order chi connectivity index (χ0) is 12.1. The molecule has 2 N–H and O–H groups in total. The predicted molar refractivity (Wildman–Crippen MR) is 69.6 cm³/mol. The summed E-state index contributed by atoms with van der Waals surface area (Å²) >= 11 is 0. The molecule has 0 radical (unpaired) electrons. The van der Waals surface area contributed by atoms with E-state index >= 15 is 0 Å². The number of aliphatic imine (C=N–C) groups is 1. The van der Waals surface area contributed by atoms with Gasteiger partial charge in [-0.1, -0.05) is 12.1 Å². The van der Waals surface area contributed by atoms with Gasteiger partial charge in [0.25, 0.3) is 0 Å². The highest BCUT2D eigenvalue weighted by atomic mass is 16.5. The van der Waals surface area contributed by atoms with Gasteiger partial charge in [0.15, 0.2) is 5.96 Å². The first-order chi connectivity index (χ1) is 8.28. The third-order valence-electron chi connectivity index (χ3n) is 2.77. The van der Waals surface area contributed by atoms with Crippen LogP contribution >= 0.6 is 0 Å². The maximum Gasteiger partial charge on any atom is 0.191 e. The maximum absolute atomic E-state index is 5.12. The summed E-state index contributed by atoms with van der Waals surface area (Å²) < 4.78 is 5.12. The van der Waals surface area contributed by atoms with Crippen LogP contribution in [-0.4, -0.2) is 32.2 Å². The van der Waals surface area contributed by atoms with Crippen molar-refractivity contribution in [1.29, 1.82) is 0 Å². The van der Waals surface area contributed by atoms with Crippen molar-refractivity contribution in [3.63, 3.8) is 0 Å². The lowest BCUT2D eigenvalue weighted by Crippen LogP contribution is -2.38. The molecule has 0 fully saturated rings. The minimum atomic E-state index is 0.457. The number of guanidine groups is 1. The fourth-order valence-corrected chi connectivity index (χ4v) is 1.78. The molecule has 0 spiro atoms. The molecular formula is C13H19N3O. The highest BCUT2D eigenvalue weighted by Gasteiger charge is 2.10. The van der Waals surface area contributed by atoms with Crippen molar-refractivity contribution >= 4 is 5.96 Å². The molecule has 1 heterocycles. The average Bonchev–Trinajstić information content (AvgIpc) is 2.76. The molecule has 17 heavy (non-hydrogen) atoms. The number of methoxy groups -OCH3 is 1. The lowest BCUT2D eigenvalue weighted by atomic mass is 10.1. The summed E-state index contributed by atoms with van der Waals surface area (Å²) in [5.74, 6) is 1.82. The van der Waals surface area contributed by atoms with Crippen LogP contribution in [0.2, 0.25) is 0 Å². The molecule has 0 amide bonds. The number of hydrogen-bond acceptors (Lipinski definition) is 4. The van der Waals surface area contributed by atoms with Crippen LogP contribution in [0.1, 0.15) is 12.5 Å². The summed E-state index contributed by atoms with van der Waals surface area (Å²) in [5.41, 5.74) is 1.30. The van der Waals surface area contributed by atoms with Gasteiger partial charge >= 0.3 is 0 Å². The Kier molecular flexibility index (Phi) is 3.85. The van der Waals surface area contributed by atoms with Crippen LogP contribution in [-0.2, 0) is 6.42 Å².